The Labute approximate surface area is 155 Å². The van der Waals surface area contributed by atoms with Crippen molar-refractivity contribution in [3.8, 4) is 0 Å². The van der Waals surface area contributed by atoms with Gasteiger partial charge in [0.05, 0.1) is 13.0 Å². The molecule has 1 aliphatic rings. The van der Waals surface area contributed by atoms with Crippen molar-refractivity contribution in [1.29, 1.82) is 0 Å². The molecule has 0 aliphatic heterocycles. The van der Waals surface area contributed by atoms with E-state index in [4.69, 9.17) is 4.74 Å². The normalized spacial score (nSPS) is 20.7. The highest BCUT2D eigenvalue weighted by molar-refractivity contribution is 7.79. The summed E-state index contributed by atoms with van der Waals surface area (Å²) in [6.07, 6.45) is 1.25. The lowest BCUT2D eigenvalue weighted by Crippen LogP contribution is -2.38. The Morgan fingerprint density at radius 2 is 1.35 bits per heavy atom. The first kappa shape index (κ1) is 18.7. The minimum absolute atomic E-state index is 0.270. The Kier molecular flexibility index (Phi) is 5.48. The molecule has 0 amide bonds. The van der Waals surface area contributed by atoms with E-state index in [1.54, 1.807) is 0 Å². The van der Waals surface area contributed by atoms with Crippen LogP contribution in [0.3, 0.4) is 0 Å². The molecule has 0 spiro atoms. The summed E-state index contributed by atoms with van der Waals surface area (Å²) in [5, 5.41) is 1.61. The van der Waals surface area contributed by atoms with Crippen LogP contribution in [0, 0.1) is 5.92 Å². The van der Waals surface area contributed by atoms with Crippen molar-refractivity contribution in [2.75, 3.05) is 7.11 Å². The summed E-state index contributed by atoms with van der Waals surface area (Å²) < 4.78 is 19.7. The molecular weight excluding hydrogens is 343 g/mol. The van der Waals surface area contributed by atoms with Crippen LogP contribution in [0.4, 0.5) is 0 Å². The first-order valence-electron chi connectivity index (χ1n) is 8.92. The van der Waals surface area contributed by atoms with E-state index in [1.165, 1.54) is 18.3 Å². The van der Waals surface area contributed by atoms with E-state index in [1.807, 2.05) is 60.7 Å². The summed E-state index contributed by atoms with van der Waals surface area (Å²) in [6.45, 7) is 4.13. The Hall–Kier alpha value is -2.12. The molecule has 0 saturated heterocycles. The van der Waals surface area contributed by atoms with Gasteiger partial charge < -0.3 is 9.30 Å². The zero-order valence-electron chi connectivity index (χ0n) is 15.5. The van der Waals surface area contributed by atoms with Crippen molar-refractivity contribution < 1.29 is 14.1 Å². The van der Waals surface area contributed by atoms with Crippen LogP contribution >= 0.6 is 7.14 Å². The number of rotatable bonds is 4. The van der Waals surface area contributed by atoms with Gasteiger partial charge in [-0.2, -0.15) is 0 Å². The molecule has 2 aromatic rings. The Balaban J connectivity index is 2.21. The maximum absolute atomic E-state index is 14.6. The molecule has 0 N–H and O–H groups in total. The minimum atomic E-state index is -3.02. The molecule has 2 atom stereocenters. The van der Waals surface area contributed by atoms with Crippen LogP contribution in [0.15, 0.2) is 71.8 Å². The zero-order valence-corrected chi connectivity index (χ0v) is 16.4. The van der Waals surface area contributed by atoms with Crippen molar-refractivity contribution >= 4 is 23.7 Å². The van der Waals surface area contributed by atoms with Gasteiger partial charge in [-0.15, -0.1) is 0 Å². The second kappa shape index (κ2) is 7.63. The summed E-state index contributed by atoms with van der Waals surface area (Å²) in [5.74, 6) is -0.663. The molecule has 2 aromatic carbocycles. The molecule has 3 rings (SSSR count). The average Bonchev–Trinajstić information content (AvgIpc) is 2.69. The van der Waals surface area contributed by atoms with Crippen LogP contribution < -0.4 is 10.6 Å². The van der Waals surface area contributed by atoms with Crippen LogP contribution in [-0.2, 0) is 14.1 Å². The van der Waals surface area contributed by atoms with Gasteiger partial charge in [-0.25, -0.2) is 0 Å². The van der Waals surface area contributed by atoms with Gasteiger partial charge in [0, 0.05) is 16.3 Å². The van der Waals surface area contributed by atoms with Crippen molar-refractivity contribution in [1.82, 2.24) is 0 Å². The maximum atomic E-state index is 14.6. The molecule has 136 valence electrons. The smallest absolute Gasteiger partial charge is 0.309 e. The number of hydrogen-bond acceptors (Lipinski definition) is 3. The predicted octanol–water partition coefficient (Wildman–Crippen LogP) is 4.29. The summed E-state index contributed by atoms with van der Waals surface area (Å²) in [4.78, 5) is 12.6. The largest absolute Gasteiger partial charge is 0.469 e. The van der Waals surface area contributed by atoms with E-state index in [-0.39, 0.29) is 11.6 Å². The molecule has 0 saturated carbocycles. The molecule has 2 unspecified atom stereocenters. The molecule has 1 aliphatic carbocycles. The van der Waals surface area contributed by atoms with E-state index in [0.717, 1.165) is 10.6 Å². The molecule has 0 heterocycles. The highest BCUT2D eigenvalue weighted by atomic mass is 31.2. The van der Waals surface area contributed by atoms with E-state index < -0.39 is 13.1 Å². The lowest BCUT2D eigenvalue weighted by Gasteiger charge is -2.37. The zero-order chi connectivity index (χ0) is 18.7. The first-order valence-corrected chi connectivity index (χ1v) is 10.7. The van der Waals surface area contributed by atoms with Gasteiger partial charge in [0.1, 0.15) is 7.14 Å². The van der Waals surface area contributed by atoms with Crippen LogP contribution in [0.5, 0.6) is 0 Å². The molecule has 0 bridgehead atoms. The van der Waals surface area contributed by atoms with E-state index in [0.29, 0.717) is 12.8 Å². The van der Waals surface area contributed by atoms with Crippen molar-refractivity contribution in [3.63, 3.8) is 0 Å². The molecule has 4 heteroatoms. The molecule has 0 fully saturated rings. The quantitative estimate of drug-likeness (QED) is 0.459. The number of carbonyl (C=O) groups is 1. The molecule has 0 radical (unpaired) electrons. The number of carbonyl (C=O) groups excluding carboxylic acids is 1. The SMILES string of the molecule is COC(=O)C1CC(C)=C(C)CC1P(=O)(c1ccccc1)c1ccccc1. The third-order valence-corrected chi connectivity index (χ3v) is 9.09. The fourth-order valence-electron chi connectivity index (χ4n) is 3.88. The number of benzene rings is 2. The number of hydrogen-bond donors (Lipinski definition) is 0. The van der Waals surface area contributed by atoms with Gasteiger partial charge in [-0.3, -0.25) is 4.79 Å². The topological polar surface area (TPSA) is 43.4 Å². The van der Waals surface area contributed by atoms with E-state index in [9.17, 15) is 9.36 Å². The standard InChI is InChI=1S/C22H25O3P/c1-16-14-20(22(23)25-3)21(15-17(16)2)26(24,18-10-6-4-7-11-18)19-12-8-5-9-13-19/h4-13,20-21H,14-15H2,1-3H3. The van der Waals surface area contributed by atoms with Crippen molar-refractivity contribution in [2.24, 2.45) is 5.92 Å². The predicted molar refractivity (Wildman–Crippen MR) is 107 cm³/mol. The molecule has 0 aromatic heterocycles. The Morgan fingerprint density at radius 3 is 1.81 bits per heavy atom. The van der Waals surface area contributed by atoms with Gasteiger partial charge in [-0.05, 0) is 26.7 Å². The van der Waals surface area contributed by atoms with Crippen LogP contribution in [0.25, 0.3) is 0 Å². The lowest BCUT2D eigenvalue weighted by molar-refractivity contribution is -0.145. The molecular formula is C22H25O3P. The second-order valence-corrected chi connectivity index (χ2v) is 10.0. The fourth-order valence-corrected chi connectivity index (χ4v) is 7.43. The van der Waals surface area contributed by atoms with Crippen LogP contribution in [0.2, 0.25) is 0 Å². The van der Waals surface area contributed by atoms with E-state index in [2.05, 4.69) is 13.8 Å². The van der Waals surface area contributed by atoms with Gasteiger partial charge >= 0.3 is 5.97 Å². The number of allylic oxidation sites excluding steroid dienone is 2. The van der Waals surface area contributed by atoms with Crippen LogP contribution in [-0.4, -0.2) is 18.7 Å². The average molecular weight is 368 g/mol. The van der Waals surface area contributed by atoms with Gasteiger partial charge in [-0.1, -0.05) is 71.8 Å². The van der Waals surface area contributed by atoms with Crippen LogP contribution in [0.1, 0.15) is 26.7 Å². The Bertz CT molecular complexity index is 812. The van der Waals surface area contributed by atoms with Gasteiger partial charge in [0.2, 0.25) is 0 Å². The second-order valence-electron chi connectivity index (χ2n) is 6.99. The maximum Gasteiger partial charge on any atom is 0.309 e. The minimum Gasteiger partial charge on any atom is -0.469 e. The highest BCUT2D eigenvalue weighted by Gasteiger charge is 2.46. The highest BCUT2D eigenvalue weighted by Crippen LogP contribution is 2.56. The first-order chi connectivity index (χ1) is 12.5. The Morgan fingerprint density at radius 1 is 0.885 bits per heavy atom. The third-order valence-electron chi connectivity index (χ3n) is 5.48. The van der Waals surface area contributed by atoms with Gasteiger partial charge in [0.25, 0.3) is 0 Å². The number of methoxy groups -OCH3 is 1. The summed E-state index contributed by atoms with van der Waals surface area (Å²) in [6, 6.07) is 19.2. The number of ether oxygens (including phenoxy) is 1. The van der Waals surface area contributed by atoms with Crippen molar-refractivity contribution in [3.05, 3.63) is 71.8 Å². The number of esters is 1. The fraction of sp³-hybridized carbons (Fsp3) is 0.318. The lowest BCUT2D eigenvalue weighted by atomic mass is 9.84. The van der Waals surface area contributed by atoms with E-state index >= 15 is 0 Å². The summed E-state index contributed by atoms with van der Waals surface area (Å²) in [7, 11) is -1.61. The molecule has 26 heavy (non-hydrogen) atoms. The monoisotopic (exact) mass is 368 g/mol. The summed E-state index contributed by atoms with van der Waals surface area (Å²) in [5.41, 5.74) is 2.13. The van der Waals surface area contributed by atoms with Crippen molar-refractivity contribution in [2.45, 2.75) is 32.3 Å². The molecule has 3 nitrogen and oxygen atoms in total. The van der Waals surface area contributed by atoms with Gasteiger partial charge in [0.15, 0.2) is 0 Å². The third kappa shape index (κ3) is 3.29. The summed E-state index contributed by atoms with van der Waals surface area (Å²) >= 11 is 0.